The molecule has 2 aromatic carbocycles. The van der Waals surface area contributed by atoms with Crippen LogP contribution < -0.4 is 4.72 Å². The maximum atomic E-state index is 13.1. The summed E-state index contributed by atoms with van der Waals surface area (Å²) in [6, 6.07) is 17.4. The third-order valence-electron chi connectivity index (χ3n) is 5.73. The molecule has 0 bridgehead atoms. The van der Waals surface area contributed by atoms with Crippen LogP contribution in [0.1, 0.15) is 64.1 Å². The van der Waals surface area contributed by atoms with Crippen molar-refractivity contribution in [3.63, 3.8) is 0 Å². The van der Waals surface area contributed by atoms with Gasteiger partial charge >= 0.3 is 6.09 Å². The summed E-state index contributed by atoms with van der Waals surface area (Å²) >= 11 is 2.12. The zero-order valence-corrected chi connectivity index (χ0v) is 22.3. The molecule has 0 spiro atoms. The Balaban J connectivity index is 2.26. The lowest BCUT2D eigenvalue weighted by Gasteiger charge is -2.38. The van der Waals surface area contributed by atoms with E-state index in [0.717, 1.165) is 15.6 Å². The molecule has 5 nitrogen and oxygen atoms in total. The van der Waals surface area contributed by atoms with Gasteiger partial charge in [-0.05, 0) is 70.2 Å². The van der Waals surface area contributed by atoms with Crippen LogP contribution in [0.15, 0.2) is 71.7 Å². The van der Waals surface area contributed by atoms with Gasteiger partial charge in [0, 0.05) is 22.4 Å². The highest BCUT2D eigenvalue weighted by Crippen LogP contribution is 2.34. The number of hydrogen-bond acceptors (Lipinski definition) is 3. The van der Waals surface area contributed by atoms with E-state index in [9.17, 15) is 14.5 Å². The van der Waals surface area contributed by atoms with E-state index in [1.165, 1.54) is 4.90 Å². The van der Waals surface area contributed by atoms with Crippen molar-refractivity contribution < 1.29 is 14.5 Å². The number of rotatable bonds is 11. The van der Waals surface area contributed by atoms with Crippen LogP contribution in [0.25, 0.3) is 0 Å². The molecule has 0 aromatic heterocycles. The molecule has 0 saturated carbocycles. The first-order chi connectivity index (χ1) is 15.5. The van der Waals surface area contributed by atoms with Gasteiger partial charge in [0.1, 0.15) is 4.75 Å². The minimum Gasteiger partial charge on any atom is -0.598 e. The standard InChI is InChI=1S/C26H35BrN2O3S/c1-6-17-26(22-11-8-7-9-12-22,28-33(32)25(3,4)5)18-10-19-29(24(30)31)20(2)21-13-15-23(27)16-14-21/h6-9,11-16,20,28H,1,10,17-19H2,2-5H3,(H,30,31)/t20-,26?,33?/m0/s1. The minimum absolute atomic E-state index is 0.280. The van der Waals surface area contributed by atoms with E-state index in [1.807, 2.05) is 88.4 Å². The second-order valence-corrected chi connectivity index (χ2v) is 12.1. The van der Waals surface area contributed by atoms with Gasteiger partial charge in [-0.3, -0.25) is 0 Å². The largest absolute Gasteiger partial charge is 0.598 e. The Bertz CT molecular complexity index is 902. The van der Waals surface area contributed by atoms with Crippen molar-refractivity contribution in [3.8, 4) is 0 Å². The van der Waals surface area contributed by atoms with Gasteiger partial charge in [-0.1, -0.05) is 64.5 Å². The van der Waals surface area contributed by atoms with Gasteiger partial charge in [-0.2, -0.15) is 0 Å². The SMILES string of the molecule is C=CCC(CCCN(C(=O)O)[C@@H](C)c1ccc(Br)cc1)(N[S+]([O-])C(C)(C)C)c1ccccc1. The first-order valence-corrected chi connectivity index (χ1v) is 13.1. The summed E-state index contributed by atoms with van der Waals surface area (Å²) in [5, 5.41) is 9.90. The zero-order chi connectivity index (χ0) is 24.6. The average molecular weight is 536 g/mol. The van der Waals surface area contributed by atoms with Crippen LogP contribution in [0.3, 0.4) is 0 Å². The van der Waals surface area contributed by atoms with Crippen LogP contribution in [-0.4, -0.2) is 31.9 Å². The number of halogens is 1. The predicted molar refractivity (Wildman–Crippen MR) is 140 cm³/mol. The van der Waals surface area contributed by atoms with E-state index in [0.29, 0.717) is 25.8 Å². The molecule has 1 amide bonds. The Morgan fingerprint density at radius 2 is 1.82 bits per heavy atom. The second kappa shape index (κ2) is 12.1. The van der Waals surface area contributed by atoms with Gasteiger partial charge < -0.3 is 14.6 Å². The fourth-order valence-corrected chi connectivity index (χ4v) is 5.01. The number of nitrogens with one attached hydrogen (secondary N) is 1. The van der Waals surface area contributed by atoms with Crippen molar-refractivity contribution in [2.75, 3.05) is 6.54 Å². The van der Waals surface area contributed by atoms with Crippen molar-refractivity contribution in [2.24, 2.45) is 0 Å². The summed E-state index contributed by atoms with van der Waals surface area (Å²) in [6.07, 6.45) is 2.67. The van der Waals surface area contributed by atoms with Crippen LogP contribution in [0.2, 0.25) is 0 Å². The normalized spacial score (nSPS) is 15.3. The Labute approximate surface area is 209 Å². The average Bonchev–Trinajstić information content (AvgIpc) is 2.76. The second-order valence-electron chi connectivity index (χ2n) is 9.23. The fraction of sp³-hybridized carbons (Fsp3) is 0.423. The highest BCUT2D eigenvalue weighted by atomic mass is 79.9. The van der Waals surface area contributed by atoms with Gasteiger partial charge in [0.2, 0.25) is 0 Å². The van der Waals surface area contributed by atoms with Crippen molar-refractivity contribution in [1.29, 1.82) is 0 Å². The molecule has 0 heterocycles. The van der Waals surface area contributed by atoms with Gasteiger partial charge in [0.15, 0.2) is 0 Å². The van der Waals surface area contributed by atoms with Gasteiger partial charge in [0.05, 0.1) is 11.6 Å². The molecule has 2 unspecified atom stereocenters. The number of hydrogen-bond donors (Lipinski definition) is 2. The molecule has 0 aliphatic heterocycles. The van der Waals surface area contributed by atoms with Crippen molar-refractivity contribution in [1.82, 2.24) is 9.62 Å². The summed E-state index contributed by atoms with van der Waals surface area (Å²) < 4.78 is 17.0. The van der Waals surface area contributed by atoms with Crippen LogP contribution in [-0.2, 0) is 16.9 Å². The monoisotopic (exact) mass is 534 g/mol. The summed E-state index contributed by atoms with van der Waals surface area (Å²) in [5.41, 5.74) is 1.35. The Morgan fingerprint density at radius 3 is 2.33 bits per heavy atom. The van der Waals surface area contributed by atoms with E-state index in [-0.39, 0.29) is 6.04 Å². The lowest BCUT2D eigenvalue weighted by molar-refractivity contribution is 0.125. The Hall–Kier alpha value is -1.80. The molecule has 2 aromatic rings. The molecule has 7 heteroatoms. The van der Waals surface area contributed by atoms with Gasteiger partial charge in [0.25, 0.3) is 0 Å². The smallest absolute Gasteiger partial charge is 0.407 e. The van der Waals surface area contributed by atoms with Crippen molar-refractivity contribution in [2.45, 2.75) is 63.3 Å². The number of carboxylic acid groups (broad SMARTS) is 1. The summed E-state index contributed by atoms with van der Waals surface area (Å²) in [4.78, 5) is 13.5. The Morgan fingerprint density at radius 1 is 1.21 bits per heavy atom. The molecule has 33 heavy (non-hydrogen) atoms. The van der Waals surface area contributed by atoms with Crippen LogP contribution in [0, 0.1) is 0 Å². The molecule has 0 radical (unpaired) electrons. The molecule has 2 rings (SSSR count). The molecular formula is C26H35BrN2O3S. The third kappa shape index (κ3) is 7.60. The molecule has 180 valence electrons. The van der Waals surface area contributed by atoms with Crippen molar-refractivity contribution in [3.05, 3.63) is 82.9 Å². The summed E-state index contributed by atoms with van der Waals surface area (Å²) in [6.45, 7) is 12.0. The maximum absolute atomic E-state index is 13.1. The maximum Gasteiger partial charge on any atom is 0.407 e. The number of amides is 1. The quantitative estimate of drug-likeness (QED) is 0.245. The fourth-order valence-electron chi connectivity index (χ4n) is 3.78. The van der Waals surface area contributed by atoms with E-state index < -0.39 is 27.7 Å². The lowest BCUT2D eigenvalue weighted by atomic mass is 9.83. The van der Waals surface area contributed by atoms with Crippen LogP contribution >= 0.6 is 15.9 Å². The molecule has 0 fully saturated rings. The van der Waals surface area contributed by atoms with Crippen molar-refractivity contribution >= 4 is 33.4 Å². The molecule has 0 aliphatic rings. The summed E-state index contributed by atoms with van der Waals surface area (Å²) in [7, 11) is 0. The van der Waals surface area contributed by atoms with E-state index in [1.54, 1.807) is 0 Å². The molecular weight excluding hydrogens is 500 g/mol. The molecule has 0 saturated heterocycles. The molecule has 0 aliphatic carbocycles. The highest BCUT2D eigenvalue weighted by Gasteiger charge is 2.39. The molecule has 2 N–H and O–H groups in total. The summed E-state index contributed by atoms with van der Waals surface area (Å²) in [5.74, 6) is 0. The topological polar surface area (TPSA) is 75.6 Å². The first kappa shape index (κ1) is 27.4. The van der Waals surface area contributed by atoms with Crippen LogP contribution in [0.4, 0.5) is 4.79 Å². The third-order valence-corrected chi connectivity index (χ3v) is 7.95. The van der Waals surface area contributed by atoms with E-state index >= 15 is 0 Å². The van der Waals surface area contributed by atoms with E-state index in [4.69, 9.17) is 0 Å². The lowest BCUT2D eigenvalue weighted by Crippen LogP contribution is -2.51. The number of nitrogens with zero attached hydrogens (tertiary/aromatic N) is 1. The highest BCUT2D eigenvalue weighted by molar-refractivity contribution is 9.10. The number of benzene rings is 2. The zero-order valence-electron chi connectivity index (χ0n) is 19.9. The van der Waals surface area contributed by atoms with Gasteiger partial charge in [-0.15, -0.1) is 11.3 Å². The predicted octanol–water partition coefficient (Wildman–Crippen LogP) is 6.79. The molecule has 3 atom stereocenters. The minimum atomic E-state index is -1.30. The van der Waals surface area contributed by atoms with Gasteiger partial charge in [-0.25, -0.2) is 4.79 Å². The Kier molecular flexibility index (Phi) is 10.0. The van der Waals surface area contributed by atoms with E-state index in [2.05, 4.69) is 27.2 Å². The first-order valence-electron chi connectivity index (χ1n) is 11.1. The number of carbonyl (C=O) groups is 1. The van der Waals surface area contributed by atoms with Crippen LogP contribution in [0.5, 0.6) is 0 Å².